The molecule has 0 spiro atoms. The van der Waals surface area contributed by atoms with Crippen LogP contribution in [0, 0.1) is 0 Å². The van der Waals surface area contributed by atoms with Crippen molar-refractivity contribution in [1.29, 1.82) is 0 Å². The van der Waals surface area contributed by atoms with Crippen LogP contribution in [0.2, 0.25) is 0 Å². The van der Waals surface area contributed by atoms with Crippen molar-refractivity contribution in [3.63, 3.8) is 0 Å². The van der Waals surface area contributed by atoms with Crippen LogP contribution in [-0.4, -0.2) is 116 Å². The highest BCUT2D eigenvalue weighted by Crippen LogP contribution is 2.71. The summed E-state index contributed by atoms with van der Waals surface area (Å²) in [6.45, 7) is 0. The molecule has 26 nitrogen and oxygen atoms in total. The quantitative estimate of drug-likeness (QED) is 0.0822. The van der Waals surface area contributed by atoms with Gasteiger partial charge in [-0.3, -0.25) is 27.2 Å². The van der Waals surface area contributed by atoms with Gasteiger partial charge in [-0.25, -0.2) is 43.6 Å². The third kappa shape index (κ3) is 6.71. The van der Waals surface area contributed by atoms with Gasteiger partial charge in [0.2, 0.25) is 0 Å². The zero-order chi connectivity index (χ0) is 35.5. The molecule has 6 rings (SSSR count). The van der Waals surface area contributed by atoms with Crippen LogP contribution in [0.15, 0.2) is 25.3 Å². The Balaban J connectivity index is 1.14. The summed E-state index contributed by atoms with van der Waals surface area (Å²) in [5, 5.41) is 42.3. The fourth-order valence-corrected chi connectivity index (χ4v) is 9.00. The fourth-order valence-electron chi connectivity index (χ4n) is 4.72. The summed E-state index contributed by atoms with van der Waals surface area (Å²) in [6.07, 6.45) is -10.1. The monoisotopic (exact) mass is 756 g/mol. The normalized spacial score (nSPS) is 31.2. The minimum Gasteiger partial charge on any atom is -0.385 e. The van der Waals surface area contributed by atoms with Crippen LogP contribution < -0.4 is 11.5 Å². The molecule has 0 aromatic carbocycles. The molecule has 9 N–H and O–H groups in total. The Bertz CT molecular complexity index is 1860. The number of rotatable bonds is 12. The average molecular weight is 756 g/mol. The number of ether oxygens (including phenoxy) is 2. The molecule has 6 heterocycles. The lowest BCUT2D eigenvalue weighted by molar-refractivity contribution is -0.136. The standard InChI is InChI=1S/C20H27N10O16P3/c1-39-48(37,43-19-11(33)9(31)17(41-19)29-5-27-7-13(21)23-3-25-15(7)29)45-47(35,36)46-49(38,40-2)44-20-12(34)10(32)18(42-20)30-6-28-8-14(22)24-4-26-16(8)30/h3-6,9-12,17-20,31-34H,1-2H3,(H,35,36)(H2,21,23,25)(H2,22,24,26)/t9-,10-,11-,12-,17-,18-,19-,20-,48?,49?/m1/s1. The second kappa shape index (κ2) is 13.2. The van der Waals surface area contributed by atoms with Crippen LogP contribution >= 0.6 is 23.5 Å². The molecule has 0 radical (unpaired) electrons. The third-order valence-corrected chi connectivity index (χ3v) is 12.1. The number of aromatic nitrogens is 8. The van der Waals surface area contributed by atoms with E-state index in [9.17, 15) is 39.0 Å². The Morgan fingerprint density at radius 2 is 1.06 bits per heavy atom. The van der Waals surface area contributed by atoms with Crippen molar-refractivity contribution < 1.29 is 75.2 Å². The van der Waals surface area contributed by atoms with Gasteiger partial charge in [-0.15, -0.1) is 0 Å². The maximum absolute atomic E-state index is 13.3. The number of aliphatic hydroxyl groups excluding tert-OH is 4. The van der Waals surface area contributed by atoms with Crippen molar-refractivity contribution in [2.24, 2.45) is 0 Å². The van der Waals surface area contributed by atoms with Gasteiger partial charge in [-0.05, 0) is 0 Å². The van der Waals surface area contributed by atoms with Gasteiger partial charge in [0.25, 0.3) is 0 Å². The second-order valence-electron chi connectivity index (χ2n) is 10.0. The highest BCUT2D eigenvalue weighted by molar-refractivity contribution is 7.67. The minimum atomic E-state index is -5.87. The van der Waals surface area contributed by atoms with Gasteiger partial charge in [-0.1, -0.05) is 0 Å². The summed E-state index contributed by atoms with van der Waals surface area (Å²) in [5.74, 6) is -0.00853. The first-order valence-electron chi connectivity index (χ1n) is 13.4. The van der Waals surface area contributed by atoms with E-state index < -0.39 is 72.9 Å². The van der Waals surface area contributed by atoms with Gasteiger partial charge >= 0.3 is 23.5 Å². The van der Waals surface area contributed by atoms with Crippen LogP contribution in [0.4, 0.5) is 11.6 Å². The molecule has 2 fully saturated rings. The molecule has 4 aromatic rings. The molecule has 10 atom stereocenters. The van der Waals surface area contributed by atoms with Crippen LogP contribution in [-0.2, 0) is 49.9 Å². The minimum absolute atomic E-state index is 0.00427. The molecule has 0 amide bonds. The van der Waals surface area contributed by atoms with Crippen molar-refractivity contribution in [3.8, 4) is 0 Å². The molecule has 29 heteroatoms. The summed E-state index contributed by atoms with van der Waals surface area (Å²) in [4.78, 5) is 34.0. The SMILES string of the molecule is COP(=O)(O[C@H]1O[C@@H](n2cnc3c(N)ncnc32)[C@H](O)[C@H]1O)OP(=O)(O)OP(=O)(OC)O[C@H]1O[C@@H](n2cnc3c(N)ncnc32)[C@H](O)[C@H]1O. The Morgan fingerprint density at radius 3 is 1.43 bits per heavy atom. The molecule has 0 aliphatic carbocycles. The van der Waals surface area contributed by atoms with Crippen molar-refractivity contribution in [1.82, 2.24) is 39.0 Å². The molecule has 268 valence electrons. The first-order chi connectivity index (χ1) is 23.1. The predicted molar refractivity (Wildman–Crippen MR) is 155 cm³/mol. The van der Waals surface area contributed by atoms with Gasteiger partial charge in [-0.2, -0.15) is 8.62 Å². The smallest absolute Gasteiger partial charge is 0.385 e. The molecule has 49 heavy (non-hydrogen) atoms. The Kier molecular flexibility index (Phi) is 9.62. The van der Waals surface area contributed by atoms with E-state index in [0.29, 0.717) is 14.2 Å². The summed E-state index contributed by atoms with van der Waals surface area (Å²) in [6, 6.07) is 0. The van der Waals surface area contributed by atoms with E-state index in [1.807, 2.05) is 0 Å². The first kappa shape index (κ1) is 35.7. The molecule has 0 saturated carbocycles. The Hall–Kier alpha value is -3.13. The lowest BCUT2D eigenvalue weighted by atomic mass is 10.2. The molecular formula is C20H27N10O16P3. The average Bonchev–Trinajstić information content (AvgIpc) is 3.80. The topological polar surface area (TPSA) is 365 Å². The van der Waals surface area contributed by atoms with Crippen LogP contribution in [0.3, 0.4) is 0 Å². The number of phosphoric acid groups is 3. The lowest BCUT2D eigenvalue weighted by Gasteiger charge is -2.25. The maximum atomic E-state index is 13.3. The number of aliphatic hydroxyl groups is 4. The maximum Gasteiger partial charge on any atom is 0.490 e. The number of fused-ring (bicyclic) bond motifs is 2. The molecule has 0 bridgehead atoms. The number of anilines is 2. The van der Waals surface area contributed by atoms with E-state index in [0.717, 1.165) is 34.4 Å². The number of nitrogen functional groups attached to an aromatic ring is 2. The summed E-state index contributed by atoms with van der Waals surface area (Å²) in [5.41, 5.74) is 11.9. The molecular weight excluding hydrogens is 729 g/mol. The van der Waals surface area contributed by atoms with E-state index in [4.69, 9.17) is 30.0 Å². The molecule has 2 aliphatic rings. The number of nitrogens with two attached hydrogens (primary N) is 2. The summed E-state index contributed by atoms with van der Waals surface area (Å²) in [7, 11) is -15.1. The second-order valence-corrected chi connectivity index (χ2v) is 15.2. The summed E-state index contributed by atoms with van der Waals surface area (Å²) >= 11 is 0. The van der Waals surface area contributed by atoms with Crippen LogP contribution in [0.1, 0.15) is 12.5 Å². The number of imidazole rings is 2. The highest BCUT2D eigenvalue weighted by Gasteiger charge is 2.54. The zero-order valence-corrected chi connectivity index (χ0v) is 27.4. The number of hydrogen-bond acceptors (Lipinski definition) is 23. The number of nitrogens with zero attached hydrogens (tertiary/aromatic N) is 8. The Morgan fingerprint density at radius 1 is 0.673 bits per heavy atom. The Labute approximate surface area is 272 Å². The molecule has 4 aromatic heterocycles. The first-order valence-corrected chi connectivity index (χ1v) is 17.8. The number of hydrogen-bond donors (Lipinski definition) is 7. The number of phosphoric ester groups is 2. The highest BCUT2D eigenvalue weighted by atomic mass is 31.3. The van der Waals surface area contributed by atoms with E-state index in [1.165, 1.54) is 0 Å². The van der Waals surface area contributed by atoms with Gasteiger partial charge in [0.15, 0.2) is 48.0 Å². The van der Waals surface area contributed by atoms with Crippen LogP contribution in [0.5, 0.6) is 0 Å². The largest absolute Gasteiger partial charge is 0.490 e. The molecule has 2 aliphatic heterocycles. The van der Waals surface area contributed by atoms with Crippen molar-refractivity contribution in [3.05, 3.63) is 25.3 Å². The van der Waals surface area contributed by atoms with Gasteiger partial charge in [0.1, 0.15) is 48.1 Å². The predicted octanol–water partition coefficient (Wildman–Crippen LogP) is -1.34. The lowest BCUT2D eigenvalue weighted by Crippen LogP contribution is -2.32. The van der Waals surface area contributed by atoms with Crippen molar-refractivity contribution >= 4 is 57.4 Å². The van der Waals surface area contributed by atoms with Crippen LogP contribution in [0.25, 0.3) is 22.3 Å². The van der Waals surface area contributed by atoms with E-state index in [2.05, 4.69) is 47.6 Å². The van der Waals surface area contributed by atoms with E-state index in [1.54, 1.807) is 0 Å². The van der Waals surface area contributed by atoms with Gasteiger partial charge < -0.3 is 46.3 Å². The third-order valence-electron chi connectivity index (χ3n) is 7.03. The van der Waals surface area contributed by atoms with Gasteiger partial charge in [0, 0.05) is 14.2 Å². The molecule has 2 unspecified atom stereocenters. The van der Waals surface area contributed by atoms with E-state index >= 15 is 0 Å². The summed E-state index contributed by atoms with van der Waals surface area (Å²) < 4.78 is 81.0. The molecule has 2 saturated heterocycles. The van der Waals surface area contributed by atoms with Gasteiger partial charge in [0.05, 0.1) is 12.7 Å². The van der Waals surface area contributed by atoms with E-state index in [-0.39, 0.29) is 34.0 Å². The fraction of sp³-hybridized carbons (Fsp3) is 0.500. The van der Waals surface area contributed by atoms with Crippen molar-refractivity contribution in [2.45, 2.75) is 49.5 Å². The van der Waals surface area contributed by atoms with Crippen molar-refractivity contribution in [2.75, 3.05) is 25.7 Å². The zero-order valence-electron chi connectivity index (χ0n) is 24.7.